The van der Waals surface area contributed by atoms with Crippen LogP contribution in [-0.4, -0.2) is 55.8 Å². The highest BCUT2D eigenvalue weighted by molar-refractivity contribution is 14.0. The Labute approximate surface area is 191 Å². The van der Waals surface area contributed by atoms with E-state index in [9.17, 15) is 4.79 Å². The van der Waals surface area contributed by atoms with Crippen molar-refractivity contribution in [3.63, 3.8) is 0 Å². The van der Waals surface area contributed by atoms with Crippen molar-refractivity contribution in [3.8, 4) is 0 Å². The molecule has 0 saturated carbocycles. The van der Waals surface area contributed by atoms with Crippen molar-refractivity contribution in [1.29, 1.82) is 0 Å². The molecule has 29 heavy (non-hydrogen) atoms. The van der Waals surface area contributed by atoms with E-state index < -0.39 is 0 Å². The third kappa shape index (κ3) is 6.74. The minimum Gasteiger partial charge on any atom is -0.381 e. The molecule has 0 bridgehead atoms. The summed E-state index contributed by atoms with van der Waals surface area (Å²) in [5.41, 5.74) is 2.21. The smallest absolute Gasteiger partial charge is 0.319 e. The van der Waals surface area contributed by atoms with Gasteiger partial charge in [-0.1, -0.05) is 12.1 Å². The van der Waals surface area contributed by atoms with Gasteiger partial charge in [0.1, 0.15) is 0 Å². The minimum atomic E-state index is -0.186. The molecule has 1 spiro atoms. The van der Waals surface area contributed by atoms with Crippen LogP contribution in [0.1, 0.15) is 39.2 Å². The Balaban J connectivity index is 0.00000300. The number of nitrogens with zero attached hydrogens (tertiary/aromatic N) is 2. The lowest BCUT2D eigenvalue weighted by Gasteiger charge is -2.25. The number of likely N-dealkylation sites (tertiary alicyclic amines) is 1. The van der Waals surface area contributed by atoms with E-state index in [0.29, 0.717) is 12.0 Å². The maximum atomic E-state index is 11.8. The van der Waals surface area contributed by atoms with Gasteiger partial charge in [-0.2, -0.15) is 0 Å². The van der Waals surface area contributed by atoms with Crippen LogP contribution < -0.4 is 16.0 Å². The Kier molecular flexibility index (Phi) is 9.01. The van der Waals surface area contributed by atoms with Gasteiger partial charge >= 0.3 is 6.03 Å². The van der Waals surface area contributed by atoms with Crippen LogP contribution in [0.4, 0.5) is 10.5 Å². The summed E-state index contributed by atoms with van der Waals surface area (Å²) in [6.45, 7) is 11.2. The molecule has 7 nitrogen and oxygen atoms in total. The molecule has 2 aliphatic rings. The lowest BCUT2D eigenvalue weighted by atomic mass is 9.87. The van der Waals surface area contributed by atoms with E-state index in [2.05, 4.69) is 27.8 Å². The number of carbonyl (C=O) groups is 1. The predicted molar refractivity (Wildman–Crippen MR) is 128 cm³/mol. The highest BCUT2D eigenvalue weighted by Gasteiger charge is 2.42. The van der Waals surface area contributed by atoms with Gasteiger partial charge in [-0.3, -0.25) is 0 Å². The van der Waals surface area contributed by atoms with Gasteiger partial charge in [0.15, 0.2) is 5.96 Å². The van der Waals surface area contributed by atoms with E-state index >= 15 is 0 Å². The summed E-state index contributed by atoms with van der Waals surface area (Å²) in [6.07, 6.45) is 2.33. The van der Waals surface area contributed by atoms with Crippen molar-refractivity contribution in [2.24, 2.45) is 10.4 Å². The third-order valence-electron chi connectivity index (χ3n) is 5.30. The second kappa shape index (κ2) is 11.0. The Bertz CT molecular complexity index is 687. The maximum Gasteiger partial charge on any atom is 0.319 e. The molecule has 1 atom stereocenters. The summed E-state index contributed by atoms with van der Waals surface area (Å²) < 4.78 is 5.64. The first-order chi connectivity index (χ1) is 13.5. The number of rotatable bonds is 5. The number of amides is 2. The number of urea groups is 1. The highest BCUT2D eigenvalue weighted by Crippen LogP contribution is 2.38. The fourth-order valence-electron chi connectivity index (χ4n) is 3.80. The van der Waals surface area contributed by atoms with Crippen LogP contribution in [-0.2, 0) is 11.3 Å². The number of hydrogen-bond acceptors (Lipinski definition) is 3. The van der Waals surface area contributed by atoms with Gasteiger partial charge in [0.05, 0.1) is 13.2 Å². The van der Waals surface area contributed by atoms with Gasteiger partial charge in [0, 0.05) is 43.4 Å². The van der Waals surface area contributed by atoms with Gasteiger partial charge in [-0.15, -0.1) is 24.0 Å². The normalized spacial score (nSPS) is 21.4. The Morgan fingerprint density at radius 1 is 1.28 bits per heavy atom. The molecule has 3 N–H and O–H groups in total. The Morgan fingerprint density at radius 3 is 2.66 bits per heavy atom. The van der Waals surface area contributed by atoms with E-state index in [0.717, 1.165) is 56.5 Å². The molecule has 2 fully saturated rings. The van der Waals surface area contributed by atoms with E-state index in [-0.39, 0.29) is 36.0 Å². The number of ether oxygens (including phenoxy) is 1. The zero-order valence-corrected chi connectivity index (χ0v) is 20.0. The van der Waals surface area contributed by atoms with E-state index in [1.54, 1.807) is 0 Å². The standard InChI is InChI=1S/C21H33N5O2.HI/c1-4-22-19(26-11-9-21(14-26)10-12-28-15-21)23-13-17-5-7-18(8-6-17)25-20(27)24-16(2)3;/h5-8,16H,4,9-15H2,1-3H3,(H,22,23)(H2,24,25,27);1H. The van der Waals surface area contributed by atoms with E-state index in [1.807, 2.05) is 38.1 Å². The second-order valence-corrected chi connectivity index (χ2v) is 8.09. The highest BCUT2D eigenvalue weighted by atomic mass is 127. The van der Waals surface area contributed by atoms with Gasteiger partial charge in [0.2, 0.25) is 0 Å². The molecule has 1 aromatic rings. The van der Waals surface area contributed by atoms with Crippen molar-refractivity contribution in [3.05, 3.63) is 29.8 Å². The first kappa shape index (κ1) is 23.7. The predicted octanol–water partition coefficient (Wildman–Crippen LogP) is 3.41. The topological polar surface area (TPSA) is 78.0 Å². The quantitative estimate of drug-likeness (QED) is 0.319. The fraction of sp³-hybridized carbons (Fsp3) is 0.619. The number of aliphatic imine (C=N–C) groups is 1. The van der Waals surface area contributed by atoms with Gasteiger partial charge in [-0.25, -0.2) is 9.79 Å². The second-order valence-electron chi connectivity index (χ2n) is 8.09. The molecular formula is C21H34IN5O2. The largest absolute Gasteiger partial charge is 0.381 e. The molecule has 2 heterocycles. The molecule has 1 unspecified atom stereocenters. The van der Waals surface area contributed by atoms with E-state index in [1.165, 1.54) is 6.42 Å². The average molecular weight is 515 g/mol. The minimum absolute atomic E-state index is 0. The van der Waals surface area contributed by atoms with Gasteiger partial charge in [-0.05, 0) is 51.3 Å². The van der Waals surface area contributed by atoms with Crippen molar-refractivity contribution in [2.75, 3.05) is 38.2 Å². The molecule has 0 aromatic heterocycles. The SMILES string of the molecule is CCNC(=NCc1ccc(NC(=O)NC(C)C)cc1)N1CCC2(CCOC2)C1.I. The number of guanidine groups is 1. The zero-order valence-electron chi connectivity index (χ0n) is 17.7. The number of hydrogen-bond donors (Lipinski definition) is 3. The van der Waals surface area contributed by atoms with Gasteiger partial charge in [0.25, 0.3) is 0 Å². The van der Waals surface area contributed by atoms with Crippen molar-refractivity contribution >= 4 is 41.7 Å². The average Bonchev–Trinajstić information content (AvgIpc) is 3.29. The fourth-order valence-corrected chi connectivity index (χ4v) is 3.80. The molecule has 1 aromatic carbocycles. The van der Waals surface area contributed by atoms with Crippen molar-refractivity contribution in [1.82, 2.24) is 15.5 Å². The van der Waals surface area contributed by atoms with Crippen LogP contribution in [0.3, 0.4) is 0 Å². The number of benzene rings is 1. The summed E-state index contributed by atoms with van der Waals surface area (Å²) in [5, 5.41) is 9.08. The van der Waals surface area contributed by atoms with Gasteiger partial charge < -0.3 is 25.6 Å². The Hall–Kier alpha value is -1.55. The summed E-state index contributed by atoms with van der Waals surface area (Å²) in [4.78, 5) is 19.0. The summed E-state index contributed by atoms with van der Waals surface area (Å²) in [5.74, 6) is 0.977. The molecule has 0 aliphatic carbocycles. The summed E-state index contributed by atoms with van der Waals surface area (Å²) in [7, 11) is 0. The molecule has 0 radical (unpaired) electrons. The molecule has 3 rings (SSSR count). The monoisotopic (exact) mass is 515 g/mol. The number of halogens is 1. The van der Waals surface area contributed by atoms with Crippen LogP contribution in [0.2, 0.25) is 0 Å². The molecule has 2 saturated heterocycles. The van der Waals surface area contributed by atoms with Crippen LogP contribution in [0.5, 0.6) is 0 Å². The van der Waals surface area contributed by atoms with Crippen molar-refractivity contribution < 1.29 is 9.53 Å². The number of anilines is 1. The Morgan fingerprint density at radius 2 is 2.03 bits per heavy atom. The van der Waals surface area contributed by atoms with Crippen LogP contribution in [0.25, 0.3) is 0 Å². The van der Waals surface area contributed by atoms with E-state index in [4.69, 9.17) is 9.73 Å². The van der Waals surface area contributed by atoms with Crippen LogP contribution in [0.15, 0.2) is 29.3 Å². The van der Waals surface area contributed by atoms with Crippen LogP contribution in [0, 0.1) is 5.41 Å². The van der Waals surface area contributed by atoms with Crippen molar-refractivity contribution in [2.45, 2.75) is 46.2 Å². The zero-order chi connectivity index (χ0) is 20.0. The number of carbonyl (C=O) groups excluding carboxylic acids is 1. The number of nitrogens with one attached hydrogen (secondary N) is 3. The first-order valence-electron chi connectivity index (χ1n) is 10.3. The molecule has 162 valence electrons. The maximum absolute atomic E-state index is 11.8. The van der Waals surface area contributed by atoms with Crippen LogP contribution >= 0.6 is 24.0 Å². The third-order valence-corrected chi connectivity index (χ3v) is 5.30. The lowest BCUT2D eigenvalue weighted by Crippen LogP contribution is -2.41. The molecule has 2 amide bonds. The lowest BCUT2D eigenvalue weighted by molar-refractivity contribution is 0.156. The molecular weight excluding hydrogens is 481 g/mol. The summed E-state index contributed by atoms with van der Waals surface area (Å²) in [6, 6.07) is 7.77. The first-order valence-corrected chi connectivity index (χ1v) is 10.3. The summed E-state index contributed by atoms with van der Waals surface area (Å²) >= 11 is 0. The molecule has 2 aliphatic heterocycles. The molecule has 8 heteroatoms.